The maximum absolute atomic E-state index is 10.9. The second kappa shape index (κ2) is 7.93. The quantitative estimate of drug-likeness (QED) is 0.735. The van der Waals surface area contributed by atoms with Crippen LogP contribution in [0.2, 0.25) is 0 Å². The minimum atomic E-state index is -0.259. The molecule has 0 aliphatic rings. The Morgan fingerprint density at radius 1 is 1.29 bits per heavy atom. The zero-order valence-electron chi connectivity index (χ0n) is 12.4. The molecule has 1 aromatic heterocycles. The molecule has 114 valence electrons. The van der Waals surface area contributed by atoms with Crippen LogP contribution in [-0.4, -0.2) is 27.5 Å². The first kappa shape index (κ1) is 15.7. The molecule has 2 rings (SSSR count). The molecule has 1 heterocycles. The maximum atomic E-state index is 10.9. The largest absolute Gasteiger partial charge is 0.492 e. The molecule has 0 fully saturated rings. The minimum Gasteiger partial charge on any atom is -0.492 e. The zero-order valence-corrected chi connectivity index (χ0v) is 13.3. The Hall–Kier alpha value is -1.69. The van der Waals surface area contributed by atoms with E-state index in [1.807, 2.05) is 0 Å². The summed E-state index contributed by atoms with van der Waals surface area (Å²) in [6.07, 6.45) is 1.99. The number of H-pyrrole nitrogens is 2. The third kappa shape index (κ3) is 4.67. The van der Waals surface area contributed by atoms with E-state index in [9.17, 15) is 4.79 Å². The van der Waals surface area contributed by atoms with E-state index in [4.69, 9.17) is 4.74 Å². The number of rotatable bonds is 8. The zero-order chi connectivity index (χ0) is 15.1. The lowest BCUT2D eigenvalue weighted by Gasteiger charge is -2.11. The van der Waals surface area contributed by atoms with Gasteiger partial charge in [-0.3, -0.25) is 4.98 Å². The fraction of sp³-hybridized carbons (Fsp3) is 0.467. The fourth-order valence-electron chi connectivity index (χ4n) is 2.00. The summed E-state index contributed by atoms with van der Waals surface area (Å²) in [6, 6.07) is 6.44. The third-order valence-electron chi connectivity index (χ3n) is 3.19. The molecular formula is C15H21N3O2S. The van der Waals surface area contributed by atoms with Crippen molar-refractivity contribution >= 4 is 11.8 Å². The molecule has 0 bridgehead atoms. The van der Waals surface area contributed by atoms with E-state index in [-0.39, 0.29) is 5.69 Å². The van der Waals surface area contributed by atoms with Gasteiger partial charge in [0, 0.05) is 5.75 Å². The lowest BCUT2D eigenvalue weighted by molar-refractivity contribution is 0.340. The summed E-state index contributed by atoms with van der Waals surface area (Å²) in [5.41, 5.74) is 2.28. The Morgan fingerprint density at radius 3 is 2.81 bits per heavy atom. The summed E-state index contributed by atoms with van der Waals surface area (Å²) >= 11 is 1.68. The molecule has 0 spiro atoms. The summed E-state index contributed by atoms with van der Waals surface area (Å²) in [5.74, 6) is 3.20. The smallest absolute Gasteiger partial charge is 0.340 e. The van der Waals surface area contributed by atoms with Crippen LogP contribution >= 0.6 is 11.8 Å². The Balaban J connectivity index is 1.78. The van der Waals surface area contributed by atoms with Crippen LogP contribution in [0.5, 0.6) is 5.75 Å². The average molecular weight is 307 g/mol. The van der Waals surface area contributed by atoms with Crippen molar-refractivity contribution in [1.29, 1.82) is 0 Å². The van der Waals surface area contributed by atoms with Crippen molar-refractivity contribution in [2.24, 2.45) is 0 Å². The molecule has 0 radical (unpaired) electrons. The highest BCUT2D eigenvalue weighted by Gasteiger charge is 2.04. The molecule has 0 aliphatic heterocycles. The first-order valence-electron chi connectivity index (χ1n) is 7.18. The third-order valence-corrected chi connectivity index (χ3v) is 4.13. The second-order valence-electron chi connectivity index (χ2n) is 4.67. The van der Waals surface area contributed by atoms with Crippen molar-refractivity contribution < 1.29 is 4.74 Å². The number of benzene rings is 1. The predicted octanol–water partition coefficient (Wildman–Crippen LogP) is 2.54. The van der Waals surface area contributed by atoms with Crippen LogP contribution in [0.3, 0.4) is 0 Å². The van der Waals surface area contributed by atoms with Crippen LogP contribution in [0.1, 0.15) is 30.8 Å². The van der Waals surface area contributed by atoms with E-state index in [0.717, 1.165) is 24.3 Å². The van der Waals surface area contributed by atoms with E-state index in [1.165, 1.54) is 11.1 Å². The molecular weight excluding hydrogens is 286 g/mol. The maximum Gasteiger partial charge on any atom is 0.340 e. The predicted molar refractivity (Wildman–Crippen MR) is 86.1 cm³/mol. The molecule has 2 N–H and O–H groups in total. The van der Waals surface area contributed by atoms with E-state index in [1.54, 1.807) is 11.8 Å². The van der Waals surface area contributed by atoms with Gasteiger partial charge in [0.25, 0.3) is 0 Å². The number of nitrogens with zero attached hydrogens (tertiary/aromatic N) is 1. The molecule has 2 aromatic rings. The van der Waals surface area contributed by atoms with Crippen LogP contribution in [0.4, 0.5) is 0 Å². The number of nitrogens with one attached hydrogen (secondary N) is 2. The topological polar surface area (TPSA) is 70.8 Å². The van der Waals surface area contributed by atoms with Crippen LogP contribution in [-0.2, 0) is 18.6 Å². The Labute approximate surface area is 128 Å². The summed E-state index contributed by atoms with van der Waals surface area (Å²) in [5, 5.41) is 6.22. The summed E-state index contributed by atoms with van der Waals surface area (Å²) in [4.78, 5) is 13.5. The Kier molecular flexibility index (Phi) is 5.92. The van der Waals surface area contributed by atoms with Gasteiger partial charge in [-0.05, 0) is 30.0 Å². The summed E-state index contributed by atoms with van der Waals surface area (Å²) in [6.45, 7) is 4.93. The first-order chi connectivity index (χ1) is 10.2. The van der Waals surface area contributed by atoms with Crippen molar-refractivity contribution in [2.45, 2.75) is 32.4 Å². The number of hydrogen-bond acceptors (Lipinski definition) is 4. The Bertz CT molecular complexity index is 621. The van der Waals surface area contributed by atoms with Crippen LogP contribution in [0.15, 0.2) is 23.0 Å². The summed E-state index contributed by atoms with van der Waals surface area (Å²) < 4.78 is 5.89. The number of aryl methyl sites for hydroxylation is 2. The highest BCUT2D eigenvalue weighted by molar-refractivity contribution is 7.98. The molecule has 5 nitrogen and oxygen atoms in total. The van der Waals surface area contributed by atoms with Gasteiger partial charge in [-0.1, -0.05) is 26.0 Å². The molecule has 0 atom stereocenters. The van der Waals surface area contributed by atoms with Crippen molar-refractivity contribution in [3.63, 3.8) is 0 Å². The van der Waals surface area contributed by atoms with Gasteiger partial charge in [0.05, 0.1) is 12.4 Å². The van der Waals surface area contributed by atoms with Gasteiger partial charge < -0.3 is 4.74 Å². The van der Waals surface area contributed by atoms with Crippen LogP contribution < -0.4 is 10.4 Å². The average Bonchev–Trinajstić information content (AvgIpc) is 2.92. The second-order valence-corrected chi connectivity index (χ2v) is 5.78. The van der Waals surface area contributed by atoms with E-state index < -0.39 is 0 Å². The molecule has 0 saturated heterocycles. The molecule has 1 aromatic carbocycles. The van der Waals surface area contributed by atoms with Crippen LogP contribution in [0.25, 0.3) is 0 Å². The van der Waals surface area contributed by atoms with Gasteiger partial charge in [-0.15, -0.1) is 0 Å². The van der Waals surface area contributed by atoms with Crippen molar-refractivity contribution in [2.75, 3.05) is 12.4 Å². The Morgan fingerprint density at radius 2 is 2.14 bits per heavy atom. The molecule has 6 heteroatoms. The normalized spacial score (nSPS) is 10.8. The molecule has 0 saturated carbocycles. The van der Waals surface area contributed by atoms with Crippen molar-refractivity contribution in [1.82, 2.24) is 15.2 Å². The van der Waals surface area contributed by atoms with Crippen molar-refractivity contribution in [3.05, 3.63) is 45.6 Å². The number of thioether (sulfide) groups is 1. The van der Waals surface area contributed by atoms with Crippen LogP contribution in [0, 0.1) is 0 Å². The monoisotopic (exact) mass is 307 g/mol. The first-order valence-corrected chi connectivity index (χ1v) is 8.34. The van der Waals surface area contributed by atoms with E-state index >= 15 is 0 Å². The van der Waals surface area contributed by atoms with Crippen molar-refractivity contribution in [3.8, 4) is 5.75 Å². The fourth-order valence-corrected chi connectivity index (χ4v) is 2.67. The SMILES string of the molecule is CCc1ccc(CC)c(OCCSCc2n[nH]c(=O)[nH]2)c1. The van der Waals surface area contributed by atoms with E-state index in [2.05, 4.69) is 47.2 Å². The standard InChI is InChI=1S/C15H21N3O2S/c1-3-11-5-6-12(4-2)13(9-11)20-7-8-21-10-14-16-15(19)18-17-14/h5-6,9H,3-4,7-8,10H2,1-2H3,(H2,16,17,18,19). The van der Waals surface area contributed by atoms with Gasteiger partial charge in [0.2, 0.25) is 0 Å². The van der Waals surface area contributed by atoms with Gasteiger partial charge in [0.1, 0.15) is 11.6 Å². The molecule has 21 heavy (non-hydrogen) atoms. The highest BCUT2D eigenvalue weighted by atomic mass is 32.2. The number of ether oxygens (including phenoxy) is 1. The minimum absolute atomic E-state index is 0.259. The van der Waals surface area contributed by atoms with Gasteiger partial charge in [-0.2, -0.15) is 16.9 Å². The van der Waals surface area contributed by atoms with E-state index in [0.29, 0.717) is 18.2 Å². The number of hydrogen-bond donors (Lipinski definition) is 2. The van der Waals surface area contributed by atoms with Gasteiger partial charge in [-0.25, -0.2) is 9.89 Å². The molecule has 0 amide bonds. The number of aromatic nitrogens is 3. The van der Waals surface area contributed by atoms with Gasteiger partial charge >= 0.3 is 5.69 Å². The summed E-state index contributed by atoms with van der Waals surface area (Å²) in [7, 11) is 0. The molecule has 0 unspecified atom stereocenters. The lowest BCUT2D eigenvalue weighted by atomic mass is 10.1. The lowest BCUT2D eigenvalue weighted by Crippen LogP contribution is -2.04. The molecule has 0 aliphatic carbocycles. The highest BCUT2D eigenvalue weighted by Crippen LogP contribution is 2.22. The number of aromatic amines is 2. The van der Waals surface area contributed by atoms with Gasteiger partial charge in [0.15, 0.2) is 0 Å².